The van der Waals surface area contributed by atoms with Crippen LogP contribution in [0, 0.1) is 13.0 Å². The predicted octanol–water partition coefficient (Wildman–Crippen LogP) is -1.00. The van der Waals surface area contributed by atoms with E-state index in [1.165, 1.54) is 5.56 Å². The van der Waals surface area contributed by atoms with Crippen LogP contribution in [0.15, 0.2) is 24.3 Å². The van der Waals surface area contributed by atoms with E-state index in [9.17, 15) is 0 Å². The molecule has 0 saturated heterocycles. The molecule has 1 aromatic rings. The van der Waals surface area contributed by atoms with Crippen molar-refractivity contribution in [2.75, 3.05) is 0 Å². The van der Waals surface area contributed by atoms with Gasteiger partial charge in [0.15, 0.2) is 0 Å². The Hall–Kier alpha value is 0.756. The molecule has 0 atom stereocenters. The van der Waals surface area contributed by atoms with Gasteiger partial charge in [-0.25, -0.2) is 0 Å². The number of benzene rings is 1. The van der Waals surface area contributed by atoms with Crippen molar-refractivity contribution in [1.82, 2.24) is 0 Å². The maximum absolute atomic E-state index is 3.03. The van der Waals surface area contributed by atoms with Gasteiger partial charge in [-0.1, -0.05) is 6.92 Å². The molecule has 0 nitrogen and oxygen atoms in total. The van der Waals surface area contributed by atoms with E-state index in [1.807, 2.05) is 31.2 Å². The fraction of sp³-hybridized carbons (Fsp3) is 0.143. The van der Waals surface area contributed by atoms with Crippen molar-refractivity contribution in [3.63, 3.8) is 0 Å². The molecule has 1 aromatic carbocycles. The van der Waals surface area contributed by atoms with Crippen molar-refractivity contribution in [3.8, 4) is 0 Å². The summed E-state index contributed by atoms with van der Waals surface area (Å²) in [4.78, 5) is 0. The van der Waals surface area contributed by atoms with Gasteiger partial charge >= 0.3 is 23.1 Å². The number of rotatable bonds is 0. The summed E-state index contributed by atoms with van der Waals surface area (Å²) in [5.41, 5.74) is 1.20. The number of halogens is 2. The topological polar surface area (TPSA) is 0 Å². The quantitative estimate of drug-likeness (QED) is 0.397. The van der Waals surface area contributed by atoms with Crippen LogP contribution in [0.4, 0.5) is 0 Å². The third kappa shape index (κ3) is 6.87. The van der Waals surface area contributed by atoms with Crippen LogP contribution in [0.3, 0.4) is 0 Å². The minimum Gasteiger partial charge on any atom is -1.00 e. The Morgan fingerprint density at radius 1 is 1.30 bits per heavy atom. The molecule has 0 spiro atoms. The molecule has 52 valence electrons. The second-order valence-corrected chi connectivity index (χ2v) is 1.55. The zero-order valence-electron chi connectivity index (χ0n) is 5.80. The van der Waals surface area contributed by atoms with E-state index in [2.05, 4.69) is 6.07 Å². The SMILES string of the molecule is Br.Cc1[c-]cccc1.[Cl-].[Mg+2]. The van der Waals surface area contributed by atoms with Crippen LogP contribution in [0.25, 0.3) is 0 Å². The van der Waals surface area contributed by atoms with Crippen molar-refractivity contribution < 1.29 is 12.4 Å². The van der Waals surface area contributed by atoms with Crippen LogP contribution in [0.5, 0.6) is 0 Å². The van der Waals surface area contributed by atoms with E-state index in [1.54, 1.807) is 0 Å². The first-order valence-corrected chi connectivity index (χ1v) is 2.33. The van der Waals surface area contributed by atoms with Crippen LogP contribution in [-0.4, -0.2) is 23.1 Å². The monoisotopic (exact) mass is 230 g/mol. The molecule has 0 unspecified atom stereocenters. The molecule has 0 aliphatic rings. The molecule has 0 amide bonds. The van der Waals surface area contributed by atoms with E-state index in [0.717, 1.165) is 0 Å². The molecule has 1 rings (SSSR count). The molecule has 0 aromatic heterocycles. The summed E-state index contributed by atoms with van der Waals surface area (Å²) in [6.07, 6.45) is 0. The average molecular weight is 232 g/mol. The standard InChI is InChI=1S/C7H7.BrH.ClH.Mg/c1-7-5-3-2-4-6-7;;;/h2-5H,1H3;2*1H;/q-1;;;+2/p-1. The first-order chi connectivity index (χ1) is 3.39. The van der Waals surface area contributed by atoms with E-state index in [-0.39, 0.29) is 52.4 Å². The van der Waals surface area contributed by atoms with Crippen molar-refractivity contribution in [2.45, 2.75) is 6.92 Å². The van der Waals surface area contributed by atoms with Crippen LogP contribution in [0.1, 0.15) is 5.56 Å². The largest absolute Gasteiger partial charge is 2.00 e. The maximum atomic E-state index is 3.03. The van der Waals surface area contributed by atoms with Crippen molar-refractivity contribution >= 4 is 40.0 Å². The zero-order valence-corrected chi connectivity index (χ0v) is 9.69. The van der Waals surface area contributed by atoms with Crippen LogP contribution < -0.4 is 12.4 Å². The molecule has 0 radical (unpaired) electrons. The maximum Gasteiger partial charge on any atom is 2.00 e. The second kappa shape index (κ2) is 9.76. The van der Waals surface area contributed by atoms with Gasteiger partial charge in [0.05, 0.1) is 0 Å². The van der Waals surface area contributed by atoms with Gasteiger partial charge in [0.1, 0.15) is 0 Å². The predicted molar refractivity (Wildman–Crippen MR) is 46.1 cm³/mol. The molecule has 0 aliphatic heterocycles. The number of hydrogen-bond donors (Lipinski definition) is 0. The summed E-state index contributed by atoms with van der Waals surface area (Å²) in [5.74, 6) is 0. The first kappa shape index (κ1) is 17.0. The van der Waals surface area contributed by atoms with Crippen molar-refractivity contribution in [2.24, 2.45) is 0 Å². The summed E-state index contributed by atoms with van der Waals surface area (Å²) >= 11 is 0. The van der Waals surface area contributed by atoms with Crippen molar-refractivity contribution in [1.29, 1.82) is 0 Å². The molecular formula is C7H8BrClMg. The molecule has 0 bridgehead atoms. The van der Waals surface area contributed by atoms with Gasteiger partial charge in [-0.2, -0.15) is 35.9 Å². The van der Waals surface area contributed by atoms with Gasteiger partial charge in [0, 0.05) is 0 Å². The zero-order chi connectivity index (χ0) is 5.11. The minimum absolute atomic E-state index is 0. The third-order valence-corrected chi connectivity index (χ3v) is 0.865. The Bertz CT molecular complexity index is 144. The van der Waals surface area contributed by atoms with E-state index >= 15 is 0 Å². The van der Waals surface area contributed by atoms with E-state index in [4.69, 9.17) is 0 Å². The fourth-order valence-corrected chi connectivity index (χ4v) is 0.483. The Kier molecular flexibility index (Phi) is 16.6. The van der Waals surface area contributed by atoms with Gasteiger partial charge in [-0.15, -0.1) is 17.0 Å². The van der Waals surface area contributed by atoms with Crippen LogP contribution in [-0.2, 0) is 0 Å². The molecular weight excluding hydrogens is 224 g/mol. The van der Waals surface area contributed by atoms with Gasteiger partial charge in [0.25, 0.3) is 0 Å². The Balaban J connectivity index is -0.000000163. The Morgan fingerprint density at radius 3 is 2.10 bits per heavy atom. The normalized spacial score (nSPS) is 6.10. The van der Waals surface area contributed by atoms with Crippen LogP contribution >= 0.6 is 17.0 Å². The second-order valence-electron chi connectivity index (χ2n) is 1.55. The molecule has 0 saturated carbocycles. The third-order valence-electron chi connectivity index (χ3n) is 0.865. The molecule has 0 fully saturated rings. The van der Waals surface area contributed by atoms with Gasteiger partial charge in [0.2, 0.25) is 0 Å². The smallest absolute Gasteiger partial charge is 1.00 e. The fourth-order valence-electron chi connectivity index (χ4n) is 0.483. The van der Waals surface area contributed by atoms with Gasteiger partial charge < -0.3 is 12.4 Å². The molecule has 0 heterocycles. The molecule has 3 heteroatoms. The van der Waals surface area contributed by atoms with Crippen molar-refractivity contribution in [3.05, 3.63) is 35.9 Å². The molecule has 10 heavy (non-hydrogen) atoms. The summed E-state index contributed by atoms with van der Waals surface area (Å²) in [5, 5.41) is 0. The van der Waals surface area contributed by atoms with Crippen LogP contribution in [0.2, 0.25) is 0 Å². The number of hydrogen-bond acceptors (Lipinski definition) is 0. The van der Waals surface area contributed by atoms with E-state index < -0.39 is 0 Å². The summed E-state index contributed by atoms with van der Waals surface area (Å²) in [6, 6.07) is 10.9. The Labute approximate surface area is 94.7 Å². The summed E-state index contributed by atoms with van der Waals surface area (Å²) in [6.45, 7) is 2.03. The summed E-state index contributed by atoms with van der Waals surface area (Å²) < 4.78 is 0. The van der Waals surface area contributed by atoms with E-state index in [0.29, 0.717) is 0 Å². The summed E-state index contributed by atoms with van der Waals surface area (Å²) in [7, 11) is 0. The number of aryl methyl sites for hydroxylation is 1. The Morgan fingerprint density at radius 2 is 1.90 bits per heavy atom. The van der Waals surface area contributed by atoms with Gasteiger partial charge in [-0.3, -0.25) is 0 Å². The molecule has 0 N–H and O–H groups in total. The average Bonchev–Trinajstić information content (AvgIpc) is 1.69. The molecule has 0 aliphatic carbocycles. The first-order valence-electron chi connectivity index (χ1n) is 2.33. The minimum atomic E-state index is 0. The van der Waals surface area contributed by atoms with Gasteiger partial charge in [-0.05, 0) is 0 Å².